The molecule has 29 heavy (non-hydrogen) atoms. The monoisotopic (exact) mass is 422 g/mol. The van der Waals surface area contributed by atoms with Crippen molar-refractivity contribution in [2.45, 2.75) is 26.3 Å². The van der Waals surface area contributed by atoms with Gasteiger partial charge in [-0.2, -0.15) is 0 Å². The van der Waals surface area contributed by atoms with Crippen LogP contribution in [-0.4, -0.2) is 17.3 Å². The fourth-order valence-corrected chi connectivity index (χ4v) is 3.12. The Bertz CT molecular complexity index is 972. The lowest BCUT2D eigenvalue weighted by atomic mass is 10.2. The van der Waals surface area contributed by atoms with E-state index in [1.807, 2.05) is 31.2 Å². The molecule has 152 valence electrons. The zero-order valence-corrected chi connectivity index (χ0v) is 16.1. The molecule has 3 aromatic rings. The molecule has 9 heteroatoms. The van der Waals surface area contributed by atoms with Crippen LogP contribution >= 0.6 is 11.3 Å². The SMILES string of the molecule is Cc1ccc(OCc2nc(CC(=O)Nc3cccc(OC(F)(F)F)c3)cs2)cc1. The molecule has 1 heterocycles. The predicted octanol–water partition coefficient (Wildman–Crippen LogP) is 5.11. The van der Waals surface area contributed by atoms with E-state index < -0.39 is 18.0 Å². The number of thiazole rings is 1. The van der Waals surface area contributed by atoms with E-state index >= 15 is 0 Å². The Morgan fingerprint density at radius 2 is 1.90 bits per heavy atom. The molecule has 0 aliphatic rings. The number of hydrogen-bond acceptors (Lipinski definition) is 5. The van der Waals surface area contributed by atoms with Crippen LogP contribution in [0.2, 0.25) is 0 Å². The second-order valence-electron chi connectivity index (χ2n) is 6.13. The van der Waals surface area contributed by atoms with Gasteiger partial charge in [-0.3, -0.25) is 4.79 Å². The summed E-state index contributed by atoms with van der Waals surface area (Å²) in [5, 5.41) is 5.00. The highest BCUT2D eigenvalue weighted by molar-refractivity contribution is 7.09. The molecular formula is C20H17F3N2O3S. The van der Waals surface area contributed by atoms with E-state index in [9.17, 15) is 18.0 Å². The molecule has 0 saturated heterocycles. The Balaban J connectivity index is 1.52. The van der Waals surface area contributed by atoms with Crippen molar-refractivity contribution in [3.63, 3.8) is 0 Å². The highest BCUT2D eigenvalue weighted by Crippen LogP contribution is 2.25. The fourth-order valence-electron chi connectivity index (χ4n) is 2.42. The van der Waals surface area contributed by atoms with E-state index in [2.05, 4.69) is 15.0 Å². The van der Waals surface area contributed by atoms with Crippen molar-refractivity contribution in [1.82, 2.24) is 4.98 Å². The predicted molar refractivity (Wildman–Crippen MR) is 103 cm³/mol. The van der Waals surface area contributed by atoms with Crippen LogP contribution in [0.3, 0.4) is 0 Å². The minimum absolute atomic E-state index is 0.00854. The standard InChI is InChI=1S/C20H17F3N2O3S/c1-13-5-7-16(8-6-13)27-11-19-25-15(12-29-19)10-18(26)24-14-3-2-4-17(9-14)28-20(21,22)23/h2-9,12H,10-11H2,1H3,(H,24,26). The van der Waals surface area contributed by atoms with Gasteiger partial charge in [0, 0.05) is 17.1 Å². The number of ether oxygens (including phenoxy) is 2. The van der Waals surface area contributed by atoms with E-state index in [-0.39, 0.29) is 18.7 Å². The summed E-state index contributed by atoms with van der Waals surface area (Å²) in [6.45, 7) is 2.27. The number of aromatic nitrogens is 1. The Kier molecular flexibility index (Phi) is 6.38. The first-order valence-electron chi connectivity index (χ1n) is 8.55. The van der Waals surface area contributed by atoms with Gasteiger partial charge >= 0.3 is 6.36 Å². The molecule has 0 fully saturated rings. The molecule has 0 bridgehead atoms. The number of amides is 1. The number of nitrogens with one attached hydrogen (secondary N) is 1. The van der Waals surface area contributed by atoms with Gasteiger partial charge in [-0.15, -0.1) is 24.5 Å². The maximum atomic E-state index is 12.3. The van der Waals surface area contributed by atoms with Crippen LogP contribution in [-0.2, 0) is 17.8 Å². The van der Waals surface area contributed by atoms with Gasteiger partial charge in [0.25, 0.3) is 0 Å². The third kappa shape index (κ3) is 6.79. The number of hydrogen-bond donors (Lipinski definition) is 1. The average molecular weight is 422 g/mol. The lowest BCUT2D eigenvalue weighted by Gasteiger charge is -2.10. The number of aryl methyl sites for hydroxylation is 1. The third-order valence-electron chi connectivity index (χ3n) is 3.68. The zero-order valence-electron chi connectivity index (χ0n) is 15.3. The summed E-state index contributed by atoms with van der Waals surface area (Å²) >= 11 is 1.37. The van der Waals surface area contributed by atoms with Crippen molar-refractivity contribution < 1.29 is 27.4 Å². The van der Waals surface area contributed by atoms with E-state index in [1.54, 1.807) is 5.38 Å². The quantitative estimate of drug-likeness (QED) is 0.575. The summed E-state index contributed by atoms with van der Waals surface area (Å²) in [6.07, 6.45) is -4.80. The van der Waals surface area contributed by atoms with Gasteiger partial charge in [0.15, 0.2) is 0 Å². The number of nitrogens with zero attached hydrogens (tertiary/aromatic N) is 1. The van der Waals surface area contributed by atoms with Gasteiger partial charge in [-0.25, -0.2) is 4.98 Å². The van der Waals surface area contributed by atoms with Crippen molar-refractivity contribution in [3.05, 3.63) is 70.2 Å². The summed E-state index contributed by atoms with van der Waals surface area (Å²) in [5.74, 6) is -0.0731. The van der Waals surface area contributed by atoms with Gasteiger partial charge in [-0.1, -0.05) is 23.8 Å². The van der Waals surface area contributed by atoms with E-state index in [0.29, 0.717) is 10.7 Å². The van der Waals surface area contributed by atoms with Gasteiger partial charge < -0.3 is 14.8 Å². The zero-order chi connectivity index (χ0) is 20.9. The summed E-state index contributed by atoms with van der Waals surface area (Å²) in [5.41, 5.74) is 1.89. The van der Waals surface area contributed by atoms with Crippen LogP contribution in [0.15, 0.2) is 53.9 Å². The number of carbonyl (C=O) groups is 1. The van der Waals surface area contributed by atoms with Crippen molar-refractivity contribution in [2.24, 2.45) is 0 Å². The Hall–Kier alpha value is -3.07. The van der Waals surface area contributed by atoms with Gasteiger partial charge in [-0.05, 0) is 31.2 Å². The summed E-state index contributed by atoms with van der Waals surface area (Å²) in [4.78, 5) is 16.5. The molecule has 0 radical (unpaired) electrons. The molecule has 2 aromatic carbocycles. The molecule has 1 N–H and O–H groups in total. The van der Waals surface area contributed by atoms with Crippen LogP contribution in [0, 0.1) is 6.92 Å². The maximum Gasteiger partial charge on any atom is 0.573 e. The first kappa shape index (κ1) is 20.7. The molecule has 0 aliphatic heterocycles. The Labute approximate surface area is 169 Å². The molecule has 0 atom stereocenters. The number of benzene rings is 2. The smallest absolute Gasteiger partial charge is 0.486 e. The highest BCUT2D eigenvalue weighted by Gasteiger charge is 2.31. The molecular weight excluding hydrogens is 405 g/mol. The van der Waals surface area contributed by atoms with Crippen molar-refractivity contribution >= 4 is 22.9 Å². The van der Waals surface area contributed by atoms with Crippen molar-refractivity contribution in [1.29, 1.82) is 0 Å². The molecule has 0 spiro atoms. The lowest BCUT2D eigenvalue weighted by Crippen LogP contribution is -2.18. The van der Waals surface area contributed by atoms with Gasteiger partial charge in [0.05, 0.1) is 12.1 Å². The van der Waals surface area contributed by atoms with Crippen molar-refractivity contribution in [3.8, 4) is 11.5 Å². The first-order chi connectivity index (χ1) is 13.8. The minimum Gasteiger partial charge on any atom is -0.486 e. The maximum absolute atomic E-state index is 12.3. The van der Waals surface area contributed by atoms with Crippen LogP contribution in [0.4, 0.5) is 18.9 Å². The molecule has 1 aromatic heterocycles. The second kappa shape index (κ2) is 8.95. The summed E-state index contributed by atoms with van der Waals surface area (Å²) in [6, 6.07) is 12.7. The Morgan fingerprint density at radius 3 is 2.62 bits per heavy atom. The van der Waals surface area contributed by atoms with E-state index in [0.717, 1.165) is 23.4 Å². The molecule has 1 amide bonds. The number of anilines is 1. The van der Waals surface area contributed by atoms with Crippen LogP contribution in [0.5, 0.6) is 11.5 Å². The molecule has 5 nitrogen and oxygen atoms in total. The van der Waals surface area contributed by atoms with Gasteiger partial charge in [0.2, 0.25) is 5.91 Å². The van der Waals surface area contributed by atoms with E-state index in [4.69, 9.17) is 4.74 Å². The third-order valence-corrected chi connectivity index (χ3v) is 4.55. The van der Waals surface area contributed by atoms with Crippen LogP contribution in [0.25, 0.3) is 0 Å². The molecule has 0 aliphatic carbocycles. The minimum atomic E-state index is -4.79. The van der Waals surface area contributed by atoms with Gasteiger partial charge in [0.1, 0.15) is 23.1 Å². The number of rotatable bonds is 7. The summed E-state index contributed by atoms with van der Waals surface area (Å²) in [7, 11) is 0. The van der Waals surface area contributed by atoms with Crippen LogP contribution < -0.4 is 14.8 Å². The number of alkyl halides is 3. The second-order valence-corrected chi connectivity index (χ2v) is 7.08. The lowest BCUT2D eigenvalue weighted by molar-refractivity contribution is -0.274. The van der Waals surface area contributed by atoms with E-state index in [1.165, 1.54) is 23.5 Å². The normalized spacial score (nSPS) is 11.2. The topological polar surface area (TPSA) is 60.5 Å². The molecule has 3 rings (SSSR count). The van der Waals surface area contributed by atoms with Crippen molar-refractivity contribution in [2.75, 3.05) is 5.32 Å². The summed E-state index contributed by atoms with van der Waals surface area (Å²) < 4.78 is 46.4. The molecule has 0 saturated carbocycles. The van der Waals surface area contributed by atoms with Crippen LogP contribution in [0.1, 0.15) is 16.3 Å². The number of carbonyl (C=O) groups excluding carboxylic acids is 1. The molecule has 0 unspecified atom stereocenters. The Morgan fingerprint density at radius 1 is 1.14 bits per heavy atom. The largest absolute Gasteiger partial charge is 0.573 e. The number of halogens is 3. The fraction of sp³-hybridized carbons (Fsp3) is 0.200. The average Bonchev–Trinajstić information content (AvgIpc) is 3.07. The first-order valence-corrected chi connectivity index (χ1v) is 9.43. The highest BCUT2D eigenvalue weighted by atomic mass is 32.1.